The van der Waals surface area contributed by atoms with E-state index in [9.17, 15) is 14.4 Å². The van der Waals surface area contributed by atoms with E-state index in [4.69, 9.17) is 4.74 Å². The van der Waals surface area contributed by atoms with Gasteiger partial charge < -0.3 is 10.1 Å². The van der Waals surface area contributed by atoms with Crippen molar-refractivity contribution in [1.29, 1.82) is 0 Å². The van der Waals surface area contributed by atoms with Crippen LogP contribution < -0.4 is 10.1 Å². The minimum atomic E-state index is -0.931. The molecule has 0 saturated carbocycles. The molecule has 0 saturated heterocycles. The van der Waals surface area contributed by atoms with Crippen molar-refractivity contribution in [3.8, 4) is 17.0 Å². The van der Waals surface area contributed by atoms with Crippen LogP contribution in [0.2, 0.25) is 0 Å². The number of rotatable bonds is 10. The molecule has 3 amide bonds. The molecule has 1 aromatic heterocycles. The topological polar surface area (TPSA) is 88.6 Å². The molecule has 0 aliphatic carbocycles. The smallest absolute Gasteiger partial charge is 0.262 e. The van der Waals surface area contributed by atoms with E-state index in [1.807, 2.05) is 43.5 Å². The van der Waals surface area contributed by atoms with Crippen molar-refractivity contribution in [3.05, 3.63) is 65.0 Å². The number of ether oxygens (including phenoxy) is 1. The molecular formula is C27H29N3O4S. The standard InChI is InChI=1S/C27H29N3O4S/c1-4-6-15-34-19-13-11-18(12-14-19)22-16-35-27(28-22)29-24(31)23(17(3)5-2)30-25(32)20-9-7-8-10-21(20)26(30)33/h7-14,16-17,23H,4-6,15H2,1-3H3,(H,28,29,31). The van der Waals surface area contributed by atoms with Crippen LogP contribution in [0.3, 0.4) is 0 Å². The number of nitrogens with zero attached hydrogens (tertiary/aromatic N) is 2. The second-order valence-electron chi connectivity index (χ2n) is 8.61. The van der Waals surface area contributed by atoms with Crippen molar-refractivity contribution in [1.82, 2.24) is 9.88 Å². The fourth-order valence-corrected chi connectivity index (χ4v) is 4.74. The number of anilines is 1. The molecule has 0 radical (unpaired) electrons. The number of imide groups is 1. The van der Waals surface area contributed by atoms with Gasteiger partial charge in [0, 0.05) is 10.9 Å². The highest BCUT2D eigenvalue weighted by Crippen LogP contribution is 2.30. The molecule has 0 fully saturated rings. The predicted octanol–water partition coefficient (Wildman–Crippen LogP) is 5.64. The summed E-state index contributed by atoms with van der Waals surface area (Å²) in [7, 11) is 0. The summed E-state index contributed by atoms with van der Waals surface area (Å²) in [6.07, 6.45) is 2.72. The van der Waals surface area contributed by atoms with Crippen LogP contribution in [-0.2, 0) is 4.79 Å². The first-order valence-corrected chi connectivity index (χ1v) is 12.8. The van der Waals surface area contributed by atoms with E-state index < -0.39 is 23.8 Å². The summed E-state index contributed by atoms with van der Waals surface area (Å²) in [6, 6.07) is 13.4. The monoisotopic (exact) mass is 491 g/mol. The zero-order valence-electron chi connectivity index (χ0n) is 20.1. The number of hydrogen-bond acceptors (Lipinski definition) is 6. The Balaban J connectivity index is 1.49. The Bertz CT molecular complexity index is 1190. The summed E-state index contributed by atoms with van der Waals surface area (Å²) >= 11 is 1.30. The Hall–Kier alpha value is -3.52. The number of fused-ring (bicyclic) bond motifs is 1. The molecule has 2 aromatic carbocycles. The summed E-state index contributed by atoms with van der Waals surface area (Å²) in [4.78, 5) is 45.1. The molecule has 0 bridgehead atoms. The number of amides is 3. The van der Waals surface area contributed by atoms with Crippen molar-refractivity contribution in [2.45, 2.75) is 46.1 Å². The quantitative estimate of drug-likeness (QED) is 0.293. The number of unbranched alkanes of at least 4 members (excludes halogenated alkanes) is 1. The zero-order valence-corrected chi connectivity index (χ0v) is 20.9. The maximum atomic E-state index is 13.4. The van der Waals surface area contributed by atoms with Gasteiger partial charge in [0.25, 0.3) is 11.8 Å². The lowest BCUT2D eigenvalue weighted by Gasteiger charge is -2.29. The average molecular weight is 492 g/mol. The van der Waals surface area contributed by atoms with E-state index in [0.717, 1.165) is 34.7 Å². The van der Waals surface area contributed by atoms with Gasteiger partial charge in [-0.2, -0.15) is 0 Å². The lowest BCUT2D eigenvalue weighted by Crippen LogP contribution is -2.50. The summed E-state index contributed by atoms with van der Waals surface area (Å²) in [5.41, 5.74) is 2.30. The number of benzene rings is 2. The fraction of sp³-hybridized carbons (Fsp3) is 0.333. The molecule has 1 N–H and O–H groups in total. The van der Waals surface area contributed by atoms with Crippen molar-refractivity contribution < 1.29 is 19.1 Å². The zero-order chi connectivity index (χ0) is 24.9. The van der Waals surface area contributed by atoms with Gasteiger partial charge >= 0.3 is 0 Å². The fourth-order valence-electron chi connectivity index (χ4n) is 4.01. The van der Waals surface area contributed by atoms with Crippen LogP contribution in [0, 0.1) is 5.92 Å². The Kier molecular flexibility index (Phi) is 7.60. The Morgan fingerprint density at radius 3 is 2.31 bits per heavy atom. The molecular weight excluding hydrogens is 462 g/mol. The van der Waals surface area contributed by atoms with Crippen molar-refractivity contribution >= 4 is 34.2 Å². The van der Waals surface area contributed by atoms with Crippen LogP contribution >= 0.6 is 11.3 Å². The van der Waals surface area contributed by atoms with Crippen molar-refractivity contribution in [3.63, 3.8) is 0 Å². The third-order valence-corrected chi connectivity index (χ3v) is 6.96. The molecule has 182 valence electrons. The predicted molar refractivity (Wildman–Crippen MR) is 137 cm³/mol. The molecule has 35 heavy (non-hydrogen) atoms. The van der Waals surface area contributed by atoms with Gasteiger partial charge in [-0.15, -0.1) is 11.3 Å². The Morgan fingerprint density at radius 2 is 1.71 bits per heavy atom. The molecule has 1 aliphatic heterocycles. The molecule has 7 nitrogen and oxygen atoms in total. The second-order valence-corrected chi connectivity index (χ2v) is 9.47. The molecule has 2 heterocycles. The van der Waals surface area contributed by atoms with Gasteiger partial charge in [-0.25, -0.2) is 4.98 Å². The normalized spacial score (nSPS) is 14.5. The molecule has 0 spiro atoms. The Labute approximate surface area is 209 Å². The molecule has 1 aliphatic rings. The van der Waals surface area contributed by atoms with Gasteiger partial charge in [-0.05, 0) is 48.7 Å². The summed E-state index contributed by atoms with van der Waals surface area (Å²) < 4.78 is 5.71. The van der Waals surface area contributed by atoms with E-state index in [1.54, 1.807) is 24.3 Å². The van der Waals surface area contributed by atoms with Gasteiger partial charge in [0.05, 0.1) is 23.4 Å². The number of aromatic nitrogens is 1. The number of carbonyl (C=O) groups excluding carboxylic acids is 3. The average Bonchev–Trinajstić information content (AvgIpc) is 3.43. The minimum absolute atomic E-state index is 0.225. The Morgan fingerprint density at radius 1 is 1.06 bits per heavy atom. The van der Waals surface area contributed by atoms with E-state index >= 15 is 0 Å². The van der Waals surface area contributed by atoms with E-state index in [2.05, 4.69) is 17.2 Å². The summed E-state index contributed by atoms with van der Waals surface area (Å²) in [5, 5.41) is 5.11. The van der Waals surface area contributed by atoms with Gasteiger partial charge in [0.1, 0.15) is 11.8 Å². The molecule has 8 heteroatoms. The number of carbonyl (C=O) groups is 3. The molecule has 2 unspecified atom stereocenters. The first-order valence-electron chi connectivity index (χ1n) is 11.9. The van der Waals surface area contributed by atoms with Crippen LogP contribution in [0.1, 0.15) is 60.7 Å². The highest BCUT2D eigenvalue weighted by Gasteiger charge is 2.44. The van der Waals surface area contributed by atoms with E-state index in [-0.39, 0.29) is 5.92 Å². The first kappa shape index (κ1) is 24.6. The number of hydrogen-bond donors (Lipinski definition) is 1. The second kappa shape index (κ2) is 10.8. The lowest BCUT2D eigenvalue weighted by atomic mass is 9.96. The minimum Gasteiger partial charge on any atom is -0.494 e. The van der Waals surface area contributed by atoms with Gasteiger partial charge in [0.15, 0.2) is 5.13 Å². The highest BCUT2D eigenvalue weighted by atomic mass is 32.1. The SMILES string of the molecule is CCCCOc1ccc(-c2csc(NC(=O)C(C(C)CC)N3C(=O)c4ccccc4C3=O)n2)cc1. The first-order chi connectivity index (χ1) is 16.9. The maximum absolute atomic E-state index is 13.4. The lowest BCUT2D eigenvalue weighted by molar-refractivity contribution is -0.121. The number of thiazole rings is 1. The third kappa shape index (κ3) is 5.12. The molecule has 3 aromatic rings. The van der Waals surface area contributed by atoms with E-state index in [0.29, 0.717) is 29.3 Å². The van der Waals surface area contributed by atoms with Crippen LogP contribution in [0.25, 0.3) is 11.3 Å². The molecule has 4 rings (SSSR count). The van der Waals surface area contributed by atoms with Crippen LogP contribution in [0.5, 0.6) is 5.75 Å². The molecule has 2 atom stereocenters. The summed E-state index contributed by atoms with van der Waals surface area (Å²) in [5.74, 6) is -0.714. The van der Waals surface area contributed by atoms with Crippen LogP contribution in [0.15, 0.2) is 53.9 Å². The van der Waals surface area contributed by atoms with E-state index in [1.165, 1.54) is 11.3 Å². The largest absolute Gasteiger partial charge is 0.494 e. The highest BCUT2D eigenvalue weighted by molar-refractivity contribution is 7.14. The number of nitrogens with one attached hydrogen (secondary N) is 1. The maximum Gasteiger partial charge on any atom is 0.262 e. The van der Waals surface area contributed by atoms with Gasteiger partial charge in [-0.1, -0.05) is 45.7 Å². The van der Waals surface area contributed by atoms with Crippen LogP contribution in [0.4, 0.5) is 5.13 Å². The van der Waals surface area contributed by atoms with Crippen molar-refractivity contribution in [2.75, 3.05) is 11.9 Å². The van der Waals surface area contributed by atoms with Gasteiger partial charge in [-0.3, -0.25) is 19.3 Å². The van der Waals surface area contributed by atoms with Gasteiger partial charge in [0.2, 0.25) is 5.91 Å². The summed E-state index contributed by atoms with van der Waals surface area (Å²) in [6.45, 7) is 6.61. The third-order valence-electron chi connectivity index (χ3n) is 6.21. The van der Waals surface area contributed by atoms with Crippen LogP contribution in [-0.4, -0.2) is 40.3 Å². The van der Waals surface area contributed by atoms with Crippen molar-refractivity contribution in [2.24, 2.45) is 5.92 Å².